The van der Waals surface area contributed by atoms with Gasteiger partial charge in [0.1, 0.15) is 11.4 Å². The Morgan fingerprint density at radius 2 is 0.895 bits per heavy atom. The molecule has 0 aliphatic heterocycles. The predicted octanol–water partition coefficient (Wildman–Crippen LogP) is 6.91. The van der Waals surface area contributed by atoms with Gasteiger partial charge in [-0.1, -0.05) is 154 Å². The Morgan fingerprint density at radius 1 is 0.500 bits per heavy atom. The van der Waals surface area contributed by atoms with Crippen LogP contribution in [-0.4, -0.2) is 13.4 Å². The SMILES string of the molecule is CC(C)(C)[Si](Oc1cccc(C(O)(c2ccccc2)c2ccccc2)c1)(c1ccccc1)c1ccccc1. The van der Waals surface area contributed by atoms with Crippen LogP contribution in [0.15, 0.2) is 146 Å². The van der Waals surface area contributed by atoms with E-state index in [1.807, 2.05) is 84.9 Å². The van der Waals surface area contributed by atoms with Crippen molar-refractivity contribution in [2.24, 2.45) is 0 Å². The van der Waals surface area contributed by atoms with Gasteiger partial charge in [0.05, 0.1) is 0 Å². The highest BCUT2D eigenvalue weighted by molar-refractivity contribution is 7.00. The summed E-state index contributed by atoms with van der Waals surface area (Å²) in [5, 5.41) is 14.7. The van der Waals surface area contributed by atoms with Gasteiger partial charge in [-0.05, 0) is 44.2 Å². The van der Waals surface area contributed by atoms with E-state index in [0.717, 1.165) is 22.4 Å². The van der Waals surface area contributed by atoms with Crippen molar-refractivity contribution in [1.82, 2.24) is 0 Å². The van der Waals surface area contributed by atoms with Crippen molar-refractivity contribution < 1.29 is 9.53 Å². The Morgan fingerprint density at radius 3 is 1.32 bits per heavy atom. The van der Waals surface area contributed by atoms with Crippen molar-refractivity contribution in [3.05, 3.63) is 162 Å². The van der Waals surface area contributed by atoms with Crippen LogP contribution in [0.25, 0.3) is 0 Å². The summed E-state index contributed by atoms with van der Waals surface area (Å²) in [4.78, 5) is 0. The number of aliphatic hydroxyl groups is 1. The van der Waals surface area contributed by atoms with Gasteiger partial charge >= 0.3 is 8.32 Å². The molecule has 3 heteroatoms. The number of hydrogen-bond acceptors (Lipinski definition) is 2. The van der Waals surface area contributed by atoms with E-state index in [9.17, 15) is 5.11 Å². The minimum atomic E-state index is -2.81. The molecular weight excluding hydrogens is 480 g/mol. The van der Waals surface area contributed by atoms with Gasteiger partial charge in [0.2, 0.25) is 0 Å². The zero-order valence-electron chi connectivity index (χ0n) is 22.2. The third-order valence-corrected chi connectivity index (χ3v) is 12.3. The Hall–Kier alpha value is -3.92. The Labute approximate surface area is 227 Å². The van der Waals surface area contributed by atoms with E-state index in [1.54, 1.807) is 0 Å². The van der Waals surface area contributed by atoms with Crippen LogP contribution in [0.5, 0.6) is 5.75 Å². The fourth-order valence-electron chi connectivity index (χ4n) is 5.47. The van der Waals surface area contributed by atoms with Crippen molar-refractivity contribution in [1.29, 1.82) is 0 Å². The maximum atomic E-state index is 12.4. The van der Waals surface area contributed by atoms with Crippen molar-refractivity contribution >= 4 is 18.7 Å². The first-order chi connectivity index (χ1) is 18.4. The molecule has 2 nitrogen and oxygen atoms in total. The second-order valence-electron chi connectivity index (χ2n) is 10.7. The zero-order chi connectivity index (χ0) is 26.6. The second kappa shape index (κ2) is 10.4. The van der Waals surface area contributed by atoms with Crippen LogP contribution in [0, 0.1) is 0 Å². The number of benzene rings is 5. The first-order valence-corrected chi connectivity index (χ1v) is 15.0. The lowest BCUT2D eigenvalue weighted by molar-refractivity contribution is 0.125. The van der Waals surface area contributed by atoms with Gasteiger partial charge < -0.3 is 9.53 Å². The molecule has 0 bridgehead atoms. The molecule has 0 heterocycles. The summed E-state index contributed by atoms with van der Waals surface area (Å²) in [5.41, 5.74) is 1.07. The summed E-state index contributed by atoms with van der Waals surface area (Å²) in [6, 6.07) is 48.9. The van der Waals surface area contributed by atoms with E-state index >= 15 is 0 Å². The van der Waals surface area contributed by atoms with Gasteiger partial charge in [-0.25, -0.2) is 0 Å². The van der Waals surface area contributed by atoms with E-state index in [1.165, 1.54) is 10.4 Å². The van der Waals surface area contributed by atoms with Crippen molar-refractivity contribution in [3.8, 4) is 5.75 Å². The van der Waals surface area contributed by atoms with Crippen LogP contribution in [0.2, 0.25) is 5.04 Å². The molecule has 1 N–H and O–H groups in total. The zero-order valence-corrected chi connectivity index (χ0v) is 23.2. The molecule has 0 aliphatic rings. The molecule has 5 aromatic rings. The minimum absolute atomic E-state index is 0.166. The van der Waals surface area contributed by atoms with E-state index in [-0.39, 0.29) is 5.04 Å². The quantitative estimate of drug-likeness (QED) is 0.189. The van der Waals surface area contributed by atoms with Crippen LogP contribution in [0.4, 0.5) is 0 Å². The molecular formula is C35H34O2Si. The van der Waals surface area contributed by atoms with Crippen LogP contribution < -0.4 is 14.8 Å². The second-order valence-corrected chi connectivity index (χ2v) is 15.0. The van der Waals surface area contributed by atoms with E-state index in [0.29, 0.717) is 0 Å². The topological polar surface area (TPSA) is 29.5 Å². The van der Waals surface area contributed by atoms with E-state index in [4.69, 9.17) is 4.43 Å². The van der Waals surface area contributed by atoms with Gasteiger partial charge in [-0.3, -0.25) is 0 Å². The molecule has 0 unspecified atom stereocenters. The lowest BCUT2D eigenvalue weighted by Crippen LogP contribution is -2.68. The molecule has 0 fully saturated rings. The van der Waals surface area contributed by atoms with Gasteiger partial charge in [-0.2, -0.15) is 0 Å². The predicted molar refractivity (Wildman–Crippen MR) is 160 cm³/mol. The van der Waals surface area contributed by atoms with Crippen molar-refractivity contribution in [2.45, 2.75) is 31.4 Å². The highest BCUT2D eigenvalue weighted by Gasteiger charge is 2.52. The first kappa shape index (κ1) is 25.7. The average molecular weight is 515 g/mol. The largest absolute Gasteiger partial charge is 0.534 e. The molecule has 0 aromatic heterocycles. The average Bonchev–Trinajstić information content (AvgIpc) is 2.97. The molecule has 0 amide bonds. The molecule has 0 saturated carbocycles. The van der Waals surface area contributed by atoms with Crippen LogP contribution in [-0.2, 0) is 5.60 Å². The molecule has 0 saturated heterocycles. The minimum Gasteiger partial charge on any atom is -0.534 e. The number of rotatable bonds is 7. The lowest BCUT2D eigenvalue weighted by atomic mass is 9.80. The third-order valence-electron chi connectivity index (χ3n) is 7.32. The maximum Gasteiger partial charge on any atom is 0.319 e. The first-order valence-electron chi connectivity index (χ1n) is 13.1. The maximum absolute atomic E-state index is 12.4. The fourth-order valence-corrected chi connectivity index (χ4v) is 9.88. The van der Waals surface area contributed by atoms with Gasteiger partial charge in [0, 0.05) is 0 Å². The highest BCUT2D eigenvalue weighted by atomic mass is 28.4. The number of hydrogen-bond donors (Lipinski definition) is 1. The van der Waals surface area contributed by atoms with Crippen LogP contribution >= 0.6 is 0 Å². The summed E-state index contributed by atoms with van der Waals surface area (Å²) >= 11 is 0. The van der Waals surface area contributed by atoms with Gasteiger partial charge in [-0.15, -0.1) is 0 Å². The van der Waals surface area contributed by atoms with E-state index in [2.05, 4.69) is 81.4 Å². The van der Waals surface area contributed by atoms with Crippen LogP contribution in [0.3, 0.4) is 0 Å². The van der Waals surface area contributed by atoms with Crippen molar-refractivity contribution in [3.63, 3.8) is 0 Å². The fraction of sp³-hybridized carbons (Fsp3) is 0.143. The molecule has 0 spiro atoms. The van der Waals surface area contributed by atoms with Crippen LogP contribution in [0.1, 0.15) is 37.5 Å². The molecule has 38 heavy (non-hydrogen) atoms. The molecule has 0 atom stereocenters. The smallest absolute Gasteiger partial charge is 0.319 e. The molecule has 190 valence electrons. The van der Waals surface area contributed by atoms with Crippen molar-refractivity contribution in [2.75, 3.05) is 0 Å². The van der Waals surface area contributed by atoms with E-state index < -0.39 is 13.9 Å². The normalized spacial score (nSPS) is 12.2. The monoisotopic (exact) mass is 514 g/mol. The Kier molecular flexibility index (Phi) is 7.07. The highest BCUT2D eigenvalue weighted by Crippen LogP contribution is 2.41. The summed E-state index contributed by atoms with van der Waals surface area (Å²) < 4.78 is 7.27. The van der Waals surface area contributed by atoms with Gasteiger partial charge in [0.25, 0.3) is 0 Å². The lowest BCUT2D eigenvalue weighted by Gasteiger charge is -2.43. The Balaban J connectivity index is 1.69. The van der Waals surface area contributed by atoms with Gasteiger partial charge in [0.15, 0.2) is 0 Å². The summed E-state index contributed by atoms with van der Waals surface area (Å²) in [6.45, 7) is 6.81. The Bertz CT molecular complexity index is 1380. The molecule has 0 aliphatic carbocycles. The molecule has 0 radical (unpaired) electrons. The molecule has 5 aromatic carbocycles. The standard InChI is InChI=1S/C35H34O2Si/c1-34(2,3)38(32-23-12-6-13-24-32,33-25-14-7-15-26-33)37-31-22-16-21-30(27-31)35(36,28-17-8-4-9-18-28)29-19-10-5-11-20-29/h4-27,36H,1-3H3. The summed E-state index contributed by atoms with van der Waals surface area (Å²) in [7, 11) is -2.81. The molecule has 5 rings (SSSR count). The summed E-state index contributed by atoms with van der Waals surface area (Å²) in [6.07, 6.45) is 0. The summed E-state index contributed by atoms with van der Waals surface area (Å²) in [5.74, 6) is 0.752. The third kappa shape index (κ3) is 4.60.